The molecule has 1 spiro atoms. The summed E-state index contributed by atoms with van der Waals surface area (Å²) in [4.78, 5) is 8.22. The maximum Gasteiger partial charge on any atom is 0.115 e. The number of nitrogens with zero attached hydrogens (tertiary/aromatic N) is 2. The molecule has 0 amide bonds. The Morgan fingerprint density at radius 1 is 1.35 bits per heavy atom. The van der Waals surface area contributed by atoms with Crippen LogP contribution >= 0.6 is 11.8 Å². The van der Waals surface area contributed by atoms with E-state index in [0.717, 1.165) is 37.9 Å². The topological polar surface area (TPSA) is 73.1 Å². The second-order valence-electron chi connectivity index (χ2n) is 5.71. The van der Waals surface area contributed by atoms with Crippen LogP contribution in [0, 0.1) is 5.92 Å². The van der Waals surface area contributed by atoms with E-state index in [-0.39, 0.29) is 11.6 Å². The standard InChI is InChI=1S/C14H22N4OS/c15-18-13(12-8-16-10-17-9-12)11-1-4-19-14(7-11)2-5-20-6-3-14/h8-11,13,18H,1-7,15H2. The van der Waals surface area contributed by atoms with Crippen LogP contribution in [0.15, 0.2) is 18.7 Å². The molecule has 2 atom stereocenters. The number of hydrazine groups is 1. The Morgan fingerprint density at radius 2 is 2.10 bits per heavy atom. The van der Waals surface area contributed by atoms with E-state index in [1.54, 1.807) is 6.33 Å². The lowest BCUT2D eigenvalue weighted by molar-refractivity contribution is -0.107. The molecule has 1 aromatic rings. The van der Waals surface area contributed by atoms with Crippen molar-refractivity contribution >= 4 is 11.8 Å². The predicted octanol–water partition coefficient (Wildman–Crippen LogP) is 1.67. The maximum atomic E-state index is 6.15. The average Bonchev–Trinajstić information content (AvgIpc) is 2.50. The first-order valence-corrected chi connectivity index (χ1v) is 8.41. The number of rotatable bonds is 3. The smallest absolute Gasteiger partial charge is 0.115 e. The fourth-order valence-corrected chi connectivity index (χ4v) is 4.65. The fraction of sp³-hybridized carbons (Fsp3) is 0.714. The Bertz CT molecular complexity index is 419. The molecule has 0 radical (unpaired) electrons. The Labute approximate surface area is 124 Å². The van der Waals surface area contributed by atoms with Gasteiger partial charge in [0.2, 0.25) is 0 Å². The van der Waals surface area contributed by atoms with Gasteiger partial charge in [-0.2, -0.15) is 11.8 Å². The van der Waals surface area contributed by atoms with Crippen LogP contribution in [0.5, 0.6) is 0 Å². The van der Waals surface area contributed by atoms with Crippen molar-refractivity contribution in [2.24, 2.45) is 11.8 Å². The van der Waals surface area contributed by atoms with E-state index >= 15 is 0 Å². The first-order valence-electron chi connectivity index (χ1n) is 7.26. The van der Waals surface area contributed by atoms with Gasteiger partial charge in [0.15, 0.2) is 0 Å². The molecule has 3 rings (SSSR count). The molecule has 3 N–H and O–H groups in total. The van der Waals surface area contributed by atoms with Gasteiger partial charge in [-0.15, -0.1) is 0 Å². The minimum absolute atomic E-state index is 0.0822. The van der Waals surface area contributed by atoms with Gasteiger partial charge in [-0.1, -0.05) is 0 Å². The van der Waals surface area contributed by atoms with Crippen LogP contribution in [0.3, 0.4) is 0 Å². The third-order valence-electron chi connectivity index (χ3n) is 4.53. The molecule has 3 heterocycles. The fourth-order valence-electron chi connectivity index (χ4n) is 3.42. The van der Waals surface area contributed by atoms with E-state index < -0.39 is 0 Å². The minimum Gasteiger partial charge on any atom is -0.375 e. The van der Waals surface area contributed by atoms with Gasteiger partial charge < -0.3 is 4.74 Å². The molecule has 6 heteroatoms. The molecular formula is C14H22N4OS. The van der Waals surface area contributed by atoms with E-state index in [2.05, 4.69) is 15.4 Å². The Hall–Kier alpha value is -0.690. The highest BCUT2D eigenvalue weighted by Gasteiger charge is 2.41. The molecule has 20 heavy (non-hydrogen) atoms. The number of hydrogen-bond acceptors (Lipinski definition) is 6. The zero-order valence-electron chi connectivity index (χ0n) is 11.6. The summed E-state index contributed by atoms with van der Waals surface area (Å²) >= 11 is 2.03. The predicted molar refractivity (Wildman–Crippen MR) is 80.1 cm³/mol. The van der Waals surface area contributed by atoms with Gasteiger partial charge >= 0.3 is 0 Å². The third kappa shape index (κ3) is 2.98. The molecule has 0 aliphatic carbocycles. The summed E-state index contributed by atoms with van der Waals surface area (Å²) in [5.41, 5.74) is 4.12. The molecule has 0 aromatic carbocycles. The molecule has 2 saturated heterocycles. The molecule has 2 aliphatic heterocycles. The molecule has 110 valence electrons. The largest absolute Gasteiger partial charge is 0.375 e. The van der Waals surface area contributed by atoms with Crippen LogP contribution in [-0.4, -0.2) is 33.7 Å². The summed E-state index contributed by atoms with van der Waals surface area (Å²) in [6, 6.07) is 0.117. The lowest BCUT2D eigenvalue weighted by Crippen LogP contribution is -2.46. The number of thioether (sulfide) groups is 1. The number of nitrogens with one attached hydrogen (secondary N) is 1. The zero-order chi connectivity index (χ0) is 13.8. The summed E-state index contributed by atoms with van der Waals surface area (Å²) in [6.07, 6.45) is 9.72. The lowest BCUT2D eigenvalue weighted by Gasteiger charge is -2.45. The lowest BCUT2D eigenvalue weighted by atomic mass is 9.77. The van der Waals surface area contributed by atoms with Crippen molar-refractivity contribution in [2.75, 3.05) is 18.1 Å². The number of aromatic nitrogens is 2. The van der Waals surface area contributed by atoms with Gasteiger partial charge in [0, 0.05) is 24.6 Å². The molecule has 5 nitrogen and oxygen atoms in total. The Morgan fingerprint density at radius 3 is 2.80 bits per heavy atom. The second kappa shape index (κ2) is 6.39. The van der Waals surface area contributed by atoms with E-state index in [4.69, 9.17) is 10.6 Å². The van der Waals surface area contributed by atoms with Crippen LogP contribution in [0.4, 0.5) is 0 Å². The molecule has 0 saturated carbocycles. The van der Waals surface area contributed by atoms with Crippen LogP contribution in [-0.2, 0) is 4.74 Å². The monoisotopic (exact) mass is 294 g/mol. The van der Waals surface area contributed by atoms with Gasteiger partial charge in [0.05, 0.1) is 11.6 Å². The Balaban J connectivity index is 1.75. The van der Waals surface area contributed by atoms with Gasteiger partial charge in [0.25, 0.3) is 0 Å². The molecule has 1 aromatic heterocycles. The van der Waals surface area contributed by atoms with E-state index in [1.165, 1.54) is 11.5 Å². The summed E-state index contributed by atoms with van der Waals surface area (Å²) < 4.78 is 6.15. The quantitative estimate of drug-likeness (QED) is 0.652. The van der Waals surface area contributed by atoms with Crippen molar-refractivity contribution in [1.29, 1.82) is 0 Å². The number of ether oxygens (including phenoxy) is 1. The van der Waals surface area contributed by atoms with E-state index in [1.807, 2.05) is 24.2 Å². The van der Waals surface area contributed by atoms with Crippen molar-refractivity contribution in [2.45, 2.75) is 37.3 Å². The van der Waals surface area contributed by atoms with Gasteiger partial charge in [0.1, 0.15) is 6.33 Å². The van der Waals surface area contributed by atoms with Crippen LogP contribution in [0.1, 0.15) is 37.3 Å². The summed E-state index contributed by atoms with van der Waals surface area (Å²) in [5.74, 6) is 8.71. The molecular weight excluding hydrogens is 272 g/mol. The van der Waals surface area contributed by atoms with Crippen molar-refractivity contribution in [3.63, 3.8) is 0 Å². The summed E-state index contributed by atoms with van der Waals surface area (Å²) in [6.45, 7) is 0.835. The number of hydrogen-bond donors (Lipinski definition) is 2. The summed E-state index contributed by atoms with van der Waals surface area (Å²) in [7, 11) is 0. The molecule has 0 bridgehead atoms. The van der Waals surface area contributed by atoms with E-state index in [9.17, 15) is 0 Å². The SMILES string of the molecule is NNC(c1cncnc1)C1CCOC2(CCSCC2)C1. The highest BCUT2D eigenvalue weighted by molar-refractivity contribution is 7.99. The van der Waals surface area contributed by atoms with Crippen LogP contribution in [0.25, 0.3) is 0 Å². The van der Waals surface area contributed by atoms with Gasteiger partial charge in [-0.3, -0.25) is 11.3 Å². The second-order valence-corrected chi connectivity index (χ2v) is 6.94. The average molecular weight is 294 g/mol. The van der Waals surface area contributed by atoms with Crippen molar-refractivity contribution in [3.8, 4) is 0 Å². The molecule has 2 aliphatic rings. The van der Waals surface area contributed by atoms with Crippen LogP contribution in [0.2, 0.25) is 0 Å². The van der Waals surface area contributed by atoms with Crippen molar-refractivity contribution < 1.29 is 4.74 Å². The maximum absolute atomic E-state index is 6.15. The number of nitrogens with two attached hydrogens (primary N) is 1. The van der Waals surface area contributed by atoms with Crippen molar-refractivity contribution in [1.82, 2.24) is 15.4 Å². The Kier molecular flexibility index (Phi) is 4.55. The van der Waals surface area contributed by atoms with Crippen molar-refractivity contribution in [3.05, 3.63) is 24.3 Å². The van der Waals surface area contributed by atoms with Crippen LogP contribution < -0.4 is 11.3 Å². The summed E-state index contributed by atoms with van der Waals surface area (Å²) in [5, 5.41) is 0. The van der Waals surface area contributed by atoms with E-state index in [0.29, 0.717) is 5.92 Å². The minimum atomic E-state index is 0.0822. The third-order valence-corrected chi connectivity index (χ3v) is 5.51. The first-order chi connectivity index (χ1) is 9.83. The highest BCUT2D eigenvalue weighted by Crippen LogP contribution is 2.43. The molecule has 2 fully saturated rings. The van der Waals surface area contributed by atoms with Gasteiger partial charge in [-0.05, 0) is 43.1 Å². The zero-order valence-corrected chi connectivity index (χ0v) is 12.4. The normalized spacial score (nSPS) is 27.4. The highest BCUT2D eigenvalue weighted by atomic mass is 32.2. The molecule has 2 unspecified atom stereocenters. The first kappa shape index (κ1) is 14.3. The van der Waals surface area contributed by atoms with Gasteiger partial charge in [-0.25, -0.2) is 9.97 Å².